The fourth-order valence-electron chi connectivity index (χ4n) is 2.23. The monoisotopic (exact) mass is 350 g/mol. The minimum atomic E-state index is -1.11. The summed E-state index contributed by atoms with van der Waals surface area (Å²) in [6.07, 6.45) is 0.321. The summed E-state index contributed by atoms with van der Waals surface area (Å²) in [5.74, 6) is -1.90. The van der Waals surface area contributed by atoms with Crippen molar-refractivity contribution in [2.75, 3.05) is 0 Å². The summed E-state index contributed by atoms with van der Waals surface area (Å²) in [5, 5.41) is 14.1. The number of carboxylic acid groups (broad SMARTS) is 1. The number of ether oxygens (including phenoxy) is 1. The van der Waals surface area contributed by atoms with Crippen molar-refractivity contribution in [2.24, 2.45) is 5.92 Å². The summed E-state index contributed by atoms with van der Waals surface area (Å²) in [6.45, 7) is 5.37. The van der Waals surface area contributed by atoms with Gasteiger partial charge in [0.2, 0.25) is 5.91 Å². The number of carbonyl (C=O) groups is 3. The van der Waals surface area contributed by atoms with Crippen LogP contribution < -0.4 is 10.6 Å². The molecule has 138 valence electrons. The molecular weight excluding hydrogens is 324 g/mol. The summed E-state index contributed by atoms with van der Waals surface area (Å²) < 4.78 is 5.11. The Morgan fingerprint density at radius 1 is 1.12 bits per heavy atom. The first kappa shape index (κ1) is 20.5. The molecule has 0 heterocycles. The van der Waals surface area contributed by atoms with Gasteiger partial charge >= 0.3 is 12.1 Å². The molecule has 0 spiro atoms. The standard InChI is InChI=1S/C18H26N2O5/c1-4-8-14(16(21)20-15(12(2)3)17(22)23)19-18(24)25-11-13-9-6-5-7-10-13/h5-7,9-10,12,14-15H,4,8,11H2,1-3H3,(H,19,24)(H,20,21)(H,22,23). The number of hydrogen-bond donors (Lipinski definition) is 3. The molecule has 0 aliphatic heterocycles. The van der Waals surface area contributed by atoms with Gasteiger partial charge in [-0.3, -0.25) is 4.79 Å². The van der Waals surface area contributed by atoms with Crippen LogP contribution >= 0.6 is 0 Å². The molecule has 0 aromatic heterocycles. The molecule has 0 radical (unpaired) electrons. The summed E-state index contributed by atoms with van der Waals surface area (Å²) in [6, 6.07) is 7.33. The molecule has 2 atom stereocenters. The third-order valence-electron chi connectivity index (χ3n) is 3.63. The van der Waals surface area contributed by atoms with E-state index < -0.39 is 30.1 Å². The van der Waals surface area contributed by atoms with Crippen molar-refractivity contribution in [3.8, 4) is 0 Å². The van der Waals surface area contributed by atoms with E-state index in [0.717, 1.165) is 5.56 Å². The number of hydrogen-bond acceptors (Lipinski definition) is 4. The van der Waals surface area contributed by atoms with Gasteiger partial charge in [0.15, 0.2) is 0 Å². The highest BCUT2D eigenvalue weighted by molar-refractivity contribution is 5.89. The fourth-order valence-corrected chi connectivity index (χ4v) is 2.23. The van der Waals surface area contributed by atoms with E-state index in [2.05, 4.69) is 10.6 Å². The van der Waals surface area contributed by atoms with E-state index in [1.807, 2.05) is 37.3 Å². The van der Waals surface area contributed by atoms with E-state index in [0.29, 0.717) is 12.8 Å². The lowest BCUT2D eigenvalue weighted by atomic mass is 10.0. The average molecular weight is 350 g/mol. The van der Waals surface area contributed by atoms with Crippen molar-refractivity contribution in [1.29, 1.82) is 0 Å². The number of carboxylic acids is 1. The quantitative estimate of drug-likeness (QED) is 0.634. The van der Waals surface area contributed by atoms with Gasteiger partial charge in [-0.15, -0.1) is 0 Å². The maximum atomic E-state index is 12.3. The van der Waals surface area contributed by atoms with Crippen LogP contribution in [0.25, 0.3) is 0 Å². The van der Waals surface area contributed by atoms with Crippen molar-refractivity contribution < 1.29 is 24.2 Å². The second-order valence-corrected chi connectivity index (χ2v) is 6.12. The van der Waals surface area contributed by atoms with Crippen LogP contribution in [-0.2, 0) is 20.9 Å². The number of alkyl carbamates (subject to hydrolysis) is 1. The highest BCUT2D eigenvalue weighted by Crippen LogP contribution is 2.06. The average Bonchev–Trinajstić information content (AvgIpc) is 2.57. The molecule has 0 bridgehead atoms. The van der Waals surface area contributed by atoms with Crippen LogP contribution in [0.15, 0.2) is 30.3 Å². The van der Waals surface area contributed by atoms with Crippen LogP contribution in [0.4, 0.5) is 4.79 Å². The fraction of sp³-hybridized carbons (Fsp3) is 0.500. The third-order valence-corrected chi connectivity index (χ3v) is 3.63. The first-order chi connectivity index (χ1) is 11.8. The molecule has 0 fully saturated rings. The Kier molecular flexibility index (Phi) is 8.46. The predicted molar refractivity (Wildman–Crippen MR) is 92.9 cm³/mol. The lowest BCUT2D eigenvalue weighted by Gasteiger charge is -2.22. The van der Waals surface area contributed by atoms with Gasteiger partial charge in [0.1, 0.15) is 18.7 Å². The summed E-state index contributed by atoms with van der Waals surface area (Å²) in [4.78, 5) is 35.5. The summed E-state index contributed by atoms with van der Waals surface area (Å²) in [5.41, 5.74) is 0.833. The van der Waals surface area contributed by atoms with E-state index in [1.54, 1.807) is 13.8 Å². The van der Waals surface area contributed by atoms with Crippen LogP contribution in [0, 0.1) is 5.92 Å². The van der Waals surface area contributed by atoms with Crippen LogP contribution in [0.2, 0.25) is 0 Å². The molecule has 2 amide bonds. The maximum Gasteiger partial charge on any atom is 0.408 e. The molecule has 25 heavy (non-hydrogen) atoms. The van der Waals surface area contributed by atoms with E-state index in [-0.39, 0.29) is 12.5 Å². The van der Waals surface area contributed by atoms with Crippen molar-refractivity contribution in [2.45, 2.75) is 52.3 Å². The van der Waals surface area contributed by atoms with Crippen molar-refractivity contribution in [3.63, 3.8) is 0 Å². The van der Waals surface area contributed by atoms with Gasteiger partial charge in [-0.1, -0.05) is 57.5 Å². The normalized spacial score (nSPS) is 13.0. The number of carbonyl (C=O) groups excluding carboxylic acids is 2. The van der Waals surface area contributed by atoms with E-state index in [4.69, 9.17) is 9.84 Å². The molecule has 0 aliphatic carbocycles. The lowest BCUT2D eigenvalue weighted by molar-refractivity contribution is -0.143. The third kappa shape index (κ3) is 7.24. The Bertz CT molecular complexity index is 574. The highest BCUT2D eigenvalue weighted by Gasteiger charge is 2.28. The first-order valence-corrected chi connectivity index (χ1v) is 8.35. The Hall–Kier alpha value is -2.57. The number of benzene rings is 1. The minimum Gasteiger partial charge on any atom is -0.480 e. The van der Waals surface area contributed by atoms with Gasteiger partial charge < -0.3 is 20.5 Å². The first-order valence-electron chi connectivity index (χ1n) is 8.35. The van der Waals surface area contributed by atoms with E-state index in [9.17, 15) is 14.4 Å². The molecule has 0 saturated heterocycles. The predicted octanol–water partition coefficient (Wildman–Crippen LogP) is 2.31. The zero-order valence-corrected chi connectivity index (χ0v) is 14.8. The molecule has 2 unspecified atom stereocenters. The van der Waals surface area contributed by atoms with E-state index >= 15 is 0 Å². The zero-order chi connectivity index (χ0) is 18.8. The smallest absolute Gasteiger partial charge is 0.408 e. The number of nitrogens with one attached hydrogen (secondary N) is 2. The minimum absolute atomic E-state index is 0.0941. The topological polar surface area (TPSA) is 105 Å². The van der Waals surface area contributed by atoms with Crippen LogP contribution in [0.3, 0.4) is 0 Å². The Labute approximate surface area is 147 Å². The molecule has 3 N–H and O–H groups in total. The molecule has 0 aliphatic rings. The van der Waals surface area contributed by atoms with Crippen LogP contribution in [0.1, 0.15) is 39.2 Å². The molecule has 1 aromatic carbocycles. The Morgan fingerprint density at radius 3 is 2.28 bits per heavy atom. The molecule has 0 saturated carbocycles. The molecular formula is C18H26N2O5. The van der Waals surface area contributed by atoms with Gasteiger partial charge in [-0.05, 0) is 17.9 Å². The van der Waals surface area contributed by atoms with Crippen molar-refractivity contribution >= 4 is 18.0 Å². The zero-order valence-electron chi connectivity index (χ0n) is 14.8. The van der Waals surface area contributed by atoms with Gasteiger partial charge in [0.05, 0.1) is 0 Å². The summed E-state index contributed by atoms with van der Waals surface area (Å²) >= 11 is 0. The van der Waals surface area contributed by atoms with E-state index in [1.165, 1.54) is 0 Å². The van der Waals surface area contributed by atoms with Gasteiger partial charge in [-0.25, -0.2) is 9.59 Å². The SMILES string of the molecule is CCCC(NC(=O)OCc1ccccc1)C(=O)NC(C(=O)O)C(C)C. The van der Waals surface area contributed by atoms with Crippen LogP contribution in [0.5, 0.6) is 0 Å². The van der Waals surface area contributed by atoms with Crippen molar-refractivity contribution in [3.05, 3.63) is 35.9 Å². The lowest BCUT2D eigenvalue weighted by Crippen LogP contribution is -2.53. The highest BCUT2D eigenvalue weighted by atomic mass is 16.5. The number of rotatable bonds is 9. The number of aliphatic carboxylic acids is 1. The number of amides is 2. The molecule has 1 aromatic rings. The largest absolute Gasteiger partial charge is 0.480 e. The van der Waals surface area contributed by atoms with Gasteiger partial charge in [-0.2, -0.15) is 0 Å². The molecule has 1 rings (SSSR count). The van der Waals surface area contributed by atoms with Gasteiger partial charge in [0.25, 0.3) is 0 Å². The maximum absolute atomic E-state index is 12.3. The molecule has 7 nitrogen and oxygen atoms in total. The Morgan fingerprint density at radius 2 is 1.76 bits per heavy atom. The van der Waals surface area contributed by atoms with Gasteiger partial charge in [0, 0.05) is 0 Å². The van der Waals surface area contributed by atoms with Crippen LogP contribution in [-0.4, -0.2) is 35.2 Å². The Balaban J connectivity index is 2.60. The van der Waals surface area contributed by atoms with Crippen molar-refractivity contribution in [1.82, 2.24) is 10.6 Å². The second kappa shape index (κ2) is 10.3. The molecule has 7 heteroatoms. The summed E-state index contributed by atoms with van der Waals surface area (Å²) in [7, 11) is 0. The second-order valence-electron chi connectivity index (χ2n) is 6.12.